The van der Waals surface area contributed by atoms with Crippen molar-refractivity contribution in [2.75, 3.05) is 31.1 Å². The lowest BCUT2D eigenvalue weighted by Crippen LogP contribution is -2.50. The predicted molar refractivity (Wildman–Crippen MR) is 127 cm³/mol. The Kier molecular flexibility index (Phi) is 5.60. The molecule has 1 aromatic heterocycles. The van der Waals surface area contributed by atoms with Gasteiger partial charge in [0.1, 0.15) is 12.4 Å². The first kappa shape index (κ1) is 20.9. The fourth-order valence-corrected chi connectivity index (χ4v) is 4.16. The fraction of sp³-hybridized carbons (Fsp3) is 0.192. The van der Waals surface area contributed by atoms with Crippen molar-refractivity contribution in [3.8, 4) is 11.3 Å². The van der Waals surface area contributed by atoms with Gasteiger partial charge >= 0.3 is 0 Å². The third-order valence-corrected chi connectivity index (χ3v) is 6.02. The molecule has 1 fully saturated rings. The first-order valence-electron chi connectivity index (χ1n) is 10.9. The van der Waals surface area contributed by atoms with E-state index in [1.54, 1.807) is 23.1 Å². The van der Waals surface area contributed by atoms with Gasteiger partial charge in [0, 0.05) is 43.5 Å². The second kappa shape index (κ2) is 8.86. The van der Waals surface area contributed by atoms with Crippen molar-refractivity contribution < 1.29 is 9.18 Å². The molecule has 6 nitrogen and oxygen atoms in total. The molecule has 0 unspecified atom stereocenters. The Balaban J connectivity index is 1.28. The van der Waals surface area contributed by atoms with E-state index in [1.807, 2.05) is 42.5 Å². The lowest BCUT2D eigenvalue weighted by molar-refractivity contribution is -0.132. The highest BCUT2D eigenvalue weighted by Crippen LogP contribution is 2.22. The Hall–Kier alpha value is -4.00. The van der Waals surface area contributed by atoms with E-state index in [9.17, 15) is 14.0 Å². The van der Waals surface area contributed by atoms with Gasteiger partial charge < -0.3 is 9.80 Å². The summed E-state index contributed by atoms with van der Waals surface area (Å²) in [5.74, 6) is -0.407. The van der Waals surface area contributed by atoms with Crippen molar-refractivity contribution in [1.29, 1.82) is 0 Å². The van der Waals surface area contributed by atoms with E-state index in [0.717, 1.165) is 22.0 Å². The minimum absolute atomic E-state index is 0.100. The van der Waals surface area contributed by atoms with Crippen molar-refractivity contribution in [2.24, 2.45) is 0 Å². The van der Waals surface area contributed by atoms with Gasteiger partial charge in [0.15, 0.2) is 0 Å². The van der Waals surface area contributed by atoms with E-state index >= 15 is 0 Å². The lowest BCUT2D eigenvalue weighted by atomic mass is 10.1. The van der Waals surface area contributed by atoms with Gasteiger partial charge in [-0.3, -0.25) is 9.59 Å². The van der Waals surface area contributed by atoms with Crippen molar-refractivity contribution in [2.45, 2.75) is 6.54 Å². The summed E-state index contributed by atoms with van der Waals surface area (Å²) < 4.78 is 14.4. The average molecular weight is 442 g/mol. The second-order valence-electron chi connectivity index (χ2n) is 8.12. The van der Waals surface area contributed by atoms with Crippen molar-refractivity contribution >= 4 is 22.4 Å². The summed E-state index contributed by atoms with van der Waals surface area (Å²) in [4.78, 5) is 29.1. The molecule has 2 heterocycles. The number of carbonyl (C=O) groups is 1. The van der Waals surface area contributed by atoms with E-state index in [1.165, 1.54) is 22.9 Å². The quantitative estimate of drug-likeness (QED) is 0.485. The molecule has 0 atom stereocenters. The van der Waals surface area contributed by atoms with Crippen LogP contribution in [-0.4, -0.2) is 46.8 Å². The van der Waals surface area contributed by atoms with Crippen LogP contribution < -0.4 is 10.5 Å². The fourth-order valence-electron chi connectivity index (χ4n) is 4.16. The number of piperazine rings is 1. The smallest absolute Gasteiger partial charge is 0.267 e. The van der Waals surface area contributed by atoms with Crippen LogP contribution in [0, 0.1) is 5.82 Å². The monoisotopic (exact) mass is 442 g/mol. The van der Waals surface area contributed by atoms with Gasteiger partial charge in [0.2, 0.25) is 5.91 Å². The Bertz CT molecular complexity index is 1360. The molecule has 33 heavy (non-hydrogen) atoms. The zero-order chi connectivity index (χ0) is 22.8. The maximum Gasteiger partial charge on any atom is 0.267 e. The number of hydrogen-bond acceptors (Lipinski definition) is 4. The molecule has 1 aliphatic heterocycles. The van der Waals surface area contributed by atoms with Crippen LogP contribution in [0.15, 0.2) is 83.7 Å². The van der Waals surface area contributed by atoms with Gasteiger partial charge in [0.05, 0.1) is 5.69 Å². The second-order valence-corrected chi connectivity index (χ2v) is 8.12. The molecule has 166 valence electrons. The highest BCUT2D eigenvalue weighted by Gasteiger charge is 2.22. The van der Waals surface area contributed by atoms with Crippen LogP contribution >= 0.6 is 0 Å². The summed E-state index contributed by atoms with van der Waals surface area (Å²) in [7, 11) is 0. The van der Waals surface area contributed by atoms with E-state index in [2.05, 4.69) is 10.00 Å². The number of amides is 1. The molecule has 7 heteroatoms. The molecule has 0 radical (unpaired) electrons. The predicted octanol–water partition coefficient (Wildman–Crippen LogP) is 3.55. The number of anilines is 1. The average Bonchev–Trinajstić information content (AvgIpc) is 2.85. The number of hydrogen-bond donors (Lipinski definition) is 0. The van der Waals surface area contributed by atoms with E-state index in [4.69, 9.17) is 0 Å². The minimum atomic E-state index is -0.308. The van der Waals surface area contributed by atoms with Crippen molar-refractivity contribution in [3.63, 3.8) is 0 Å². The molecule has 1 amide bonds. The Labute approximate surface area is 190 Å². The molecule has 0 N–H and O–H groups in total. The molecule has 1 aliphatic rings. The van der Waals surface area contributed by atoms with Gasteiger partial charge in [-0.25, -0.2) is 9.07 Å². The molecular formula is C26H23FN4O2. The lowest BCUT2D eigenvalue weighted by Gasteiger charge is -2.36. The zero-order valence-electron chi connectivity index (χ0n) is 18.0. The van der Waals surface area contributed by atoms with Gasteiger partial charge in [0.25, 0.3) is 5.56 Å². The molecule has 0 saturated carbocycles. The third kappa shape index (κ3) is 4.48. The molecule has 1 saturated heterocycles. The number of nitrogens with zero attached hydrogens (tertiary/aromatic N) is 4. The molecule has 0 aliphatic carbocycles. The highest BCUT2D eigenvalue weighted by molar-refractivity contribution is 5.86. The van der Waals surface area contributed by atoms with Crippen LogP contribution in [0.3, 0.4) is 0 Å². The summed E-state index contributed by atoms with van der Waals surface area (Å²) >= 11 is 0. The van der Waals surface area contributed by atoms with E-state index in [-0.39, 0.29) is 23.8 Å². The topological polar surface area (TPSA) is 58.4 Å². The van der Waals surface area contributed by atoms with Gasteiger partial charge in [-0.05, 0) is 47.2 Å². The first-order valence-corrected chi connectivity index (χ1v) is 10.9. The maximum absolute atomic E-state index is 13.2. The number of benzene rings is 3. The molecule has 3 aromatic carbocycles. The van der Waals surface area contributed by atoms with Crippen LogP contribution in [0.2, 0.25) is 0 Å². The molecule has 0 spiro atoms. The molecule has 4 aromatic rings. The minimum Gasteiger partial charge on any atom is -0.368 e. The summed E-state index contributed by atoms with van der Waals surface area (Å²) in [5, 5.41) is 6.68. The number of rotatable bonds is 4. The van der Waals surface area contributed by atoms with Gasteiger partial charge in [-0.15, -0.1) is 0 Å². The largest absolute Gasteiger partial charge is 0.368 e. The zero-order valence-corrected chi connectivity index (χ0v) is 18.0. The van der Waals surface area contributed by atoms with Crippen LogP contribution in [0.25, 0.3) is 22.0 Å². The number of aromatic nitrogens is 2. The van der Waals surface area contributed by atoms with Crippen LogP contribution in [-0.2, 0) is 11.3 Å². The Morgan fingerprint density at radius 2 is 1.58 bits per heavy atom. The number of halogens is 1. The number of carbonyl (C=O) groups excluding carboxylic acids is 1. The maximum atomic E-state index is 13.2. The van der Waals surface area contributed by atoms with Crippen LogP contribution in [0.4, 0.5) is 10.1 Å². The Morgan fingerprint density at radius 3 is 2.33 bits per heavy atom. The SMILES string of the molecule is O=C(Cn1nc(-c2ccc3ccccc3c2)ccc1=O)N1CCN(c2ccc(F)cc2)CC1. The summed E-state index contributed by atoms with van der Waals surface area (Å²) in [5.41, 5.74) is 2.17. The summed E-state index contributed by atoms with van der Waals surface area (Å²) in [6, 6.07) is 23.6. The number of fused-ring (bicyclic) bond motifs is 1. The standard InChI is InChI=1S/C26H23FN4O2/c27-22-7-9-23(10-8-22)29-13-15-30(16-14-29)26(33)18-31-25(32)12-11-24(28-31)21-6-5-19-3-1-2-4-20(19)17-21/h1-12,17H,13-16,18H2. The molecular weight excluding hydrogens is 419 g/mol. The molecule has 0 bridgehead atoms. The first-order chi connectivity index (χ1) is 16.1. The van der Waals surface area contributed by atoms with Crippen molar-refractivity contribution in [1.82, 2.24) is 14.7 Å². The van der Waals surface area contributed by atoms with Crippen molar-refractivity contribution in [3.05, 3.63) is 95.0 Å². The third-order valence-electron chi connectivity index (χ3n) is 6.02. The van der Waals surface area contributed by atoms with Crippen LogP contribution in [0.1, 0.15) is 0 Å². The molecule has 5 rings (SSSR count). The Morgan fingerprint density at radius 1 is 0.848 bits per heavy atom. The summed E-state index contributed by atoms with van der Waals surface area (Å²) in [6.45, 7) is 2.27. The van der Waals surface area contributed by atoms with E-state index in [0.29, 0.717) is 31.9 Å². The van der Waals surface area contributed by atoms with Gasteiger partial charge in [-0.2, -0.15) is 5.10 Å². The van der Waals surface area contributed by atoms with Crippen LogP contribution in [0.5, 0.6) is 0 Å². The van der Waals surface area contributed by atoms with Gasteiger partial charge in [-0.1, -0.05) is 36.4 Å². The highest BCUT2D eigenvalue weighted by atomic mass is 19.1. The normalized spacial score (nSPS) is 14.0. The summed E-state index contributed by atoms with van der Waals surface area (Å²) in [6.07, 6.45) is 0. The van der Waals surface area contributed by atoms with E-state index < -0.39 is 0 Å².